The molecule has 2 N–H and O–H groups in total. The van der Waals surface area contributed by atoms with Crippen molar-refractivity contribution in [1.29, 1.82) is 0 Å². The number of hydrogen-bond acceptors (Lipinski definition) is 4. The molecule has 1 aliphatic heterocycles. The number of nitrogens with one attached hydrogen (secondary N) is 1. The quantitative estimate of drug-likeness (QED) is 0.578. The van der Waals surface area contributed by atoms with E-state index in [1.54, 1.807) is 6.20 Å². The van der Waals surface area contributed by atoms with Crippen LogP contribution in [0.1, 0.15) is 34.7 Å². The molecular weight excluding hydrogens is 406 g/mol. The van der Waals surface area contributed by atoms with Gasteiger partial charge < -0.3 is 24.8 Å². The van der Waals surface area contributed by atoms with E-state index in [1.807, 2.05) is 32.3 Å². The second kappa shape index (κ2) is 8.69. The summed E-state index contributed by atoms with van der Waals surface area (Å²) in [5.41, 5.74) is 6.74. The summed E-state index contributed by atoms with van der Waals surface area (Å²) in [5.74, 6) is 0. The van der Waals surface area contributed by atoms with Crippen molar-refractivity contribution in [3.05, 3.63) is 77.4 Å². The number of aromatic nitrogens is 2. The van der Waals surface area contributed by atoms with Crippen molar-refractivity contribution in [2.24, 2.45) is 0 Å². The number of anilines is 1. The summed E-state index contributed by atoms with van der Waals surface area (Å²) in [4.78, 5) is 8.76. The van der Waals surface area contributed by atoms with E-state index < -0.39 is 0 Å². The lowest BCUT2D eigenvalue weighted by atomic mass is 9.97. The minimum atomic E-state index is -0.0784. The highest BCUT2D eigenvalue weighted by Crippen LogP contribution is 2.41. The first kappa shape index (κ1) is 21.3. The minimum Gasteiger partial charge on any atom is -0.395 e. The first-order valence-corrected chi connectivity index (χ1v) is 10.9. The topological polar surface area (TPSA) is 56.6 Å². The Hall–Kier alpha value is -2.90. The van der Waals surface area contributed by atoms with E-state index in [0.29, 0.717) is 11.7 Å². The van der Waals surface area contributed by atoms with E-state index in [4.69, 9.17) is 12.2 Å². The van der Waals surface area contributed by atoms with Crippen molar-refractivity contribution < 1.29 is 5.11 Å². The summed E-state index contributed by atoms with van der Waals surface area (Å²) in [7, 11) is 4.09. The van der Waals surface area contributed by atoms with Gasteiger partial charge in [-0.2, -0.15) is 0 Å². The SMILES string of the molecule is Cc1cc([C@H]2[C@@H](c3ccccn3)NC(=S)N2CCO)c(C)n1-c1ccc(N(C)C)cc1. The molecule has 0 bridgehead atoms. The van der Waals surface area contributed by atoms with Crippen LogP contribution in [0, 0.1) is 13.8 Å². The molecule has 162 valence electrons. The second-order valence-electron chi connectivity index (χ2n) is 8.12. The van der Waals surface area contributed by atoms with Crippen molar-refractivity contribution in [2.45, 2.75) is 25.9 Å². The minimum absolute atomic E-state index is 0.0397. The van der Waals surface area contributed by atoms with Gasteiger partial charge in [-0.05, 0) is 74.1 Å². The number of pyridine rings is 1. The van der Waals surface area contributed by atoms with Gasteiger partial charge in [-0.1, -0.05) is 6.07 Å². The van der Waals surface area contributed by atoms with Crippen molar-refractivity contribution in [3.63, 3.8) is 0 Å². The average molecular weight is 436 g/mol. The molecule has 0 aliphatic carbocycles. The standard InChI is InChI=1S/C24H29N5OS/c1-16-15-20(17(2)29(16)19-10-8-18(9-11-19)27(3)4)23-22(21-7-5-6-12-25-21)26-24(31)28(23)13-14-30/h5-12,15,22-23,30H,13-14H2,1-4H3,(H,26,31)/t22-,23+/m1/s1. The number of benzene rings is 1. The molecule has 1 saturated heterocycles. The third-order valence-electron chi connectivity index (χ3n) is 5.95. The summed E-state index contributed by atoms with van der Waals surface area (Å²) in [6, 6.07) is 16.6. The van der Waals surface area contributed by atoms with Crippen molar-refractivity contribution in [1.82, 2.24) is 19.8 Å². The maximum Gasteiger partial charge on any atom is 0.170 e. The molecule has 7 heteroatoms. The molecule has 0 spiro atoms. The van der Waals surface area contributed by atoms with Crippen LogP contribution >= 0.6 is 12.2 Å². The third-order valence-corrected chi connectivity index (χ3v) is 6.30. The number of aliphatic hydroxyl groups excluding tert-OH is 1. The van der Waals surface area contributed by atoms with E-state index in [0.717, 1.165) is 22.8 Å². The van der Waals surface area contributed by atoms with Crippen LogP contribution in [0.15, 0.2) is 54.7 Å². The lowest BCUT2D eigenvalue weighted by molar-refractivity contribution is 0.223. The molecule has 0 unspecified atom stereocenters. The molecule has 0 saturated carbocycles. The zero-order valence-electron chi connectivity index (χ0n) is 18.4. The molecule has 1 aromatic carbocycles. The monoisotopic (exact) mass is 435 g/mol. The maximum absolute atomic E-state index is 9.69. The van der Waals surface area contributed by atoms with Crippen LogP contribution in [0.2, 0.25) is 0 Å². The Morgan fingerprint density at radius 2 is 1.87 bits per heavy atom. The first-order valence-electron chi connectivity index (χ1n) is 10.5. The van der Waals surface area contributed by atoms with Crippen LogP contribution in [0.5, 0.6) is 0 Å². The molecule has 6 nitrogen and oxygen atoms in total. The van der Waals surface area contributed by atoms with Crippen LogP contribution in [0.3, 0.4) is 0 Å². The van der Waals surface area contributed by atoms with Crippen molar-refractivity contribution in [2.75, 3.05) is 32.1 Å². The zero-order chi connectivity index (χ0) is 22.1. The number of aryl methyl sites for hydroxylation is 1. The van der Waals surface area contributed by atoms with Crippen LogP contribution < -0.4 is 10.2 Å². The Morgan fingerprint density at radius 1 is 1.13 bits per heavy atom. The van der Waals surface area contributed by atoms with Crippen LogP contribution in [-0.4, -0.2) is 51.9 Å². The number of thiocarbonyl (C=S) groups is 1. The maximum atomic E-state index is 9.69. The predicted octanol–water partition coefficient (Wildman–Crippen LogP) is 3.52. The lowest BCUT2D eigenvalue weighted by Crippen LogP contribution is -2.32. The highest BCUT2D eigenvalue weighted by molar-refractivity contribution is 7.80. The molecule has 2 aromatic heterocycles. The van der Waals surface area contributed by atoms with Crippen molar-refractivity contribution in [3.8, 4) is 5.69 Å². The number of nitrogens with zero attached hydrogens (tertiary/aromatic N) is 4. The summed E-state index contributed by atoms with van der Waals surface area (Å²) >= 11 is 5.64. The molecule has 31 heavy (non-hydrogen) atoms. The molecular formula is C24H29N5OS. The molecule has 4 rings (SSSR count). The Bertz CT molecular complexity index is 1060. The molecule has 1 aliphatic rings. The molecule has 0 radical (unpaired) electrons. The van der Waals surface area contributed by atoms with Gasteiger partial charge in [0.05, 0.1) is 24.4 Å². The van der Waals surface area contributed by atoms with Gasteiger partial charge in [0.2, 0.25) is 0 Å². The molecule has 3 aromatic rings. The number of β-amino-alcohol motifs (C(OH)–C–C–N with tert-alkyl or cyclic N) is 1. The van der Waals surface area contributed by atoms with E-state index >= 15 is 0 Å². The van der Waals surface area contributed by atoms with Gasteiger partial charge in [-0.3, -0.25) is 4.98 Å². The average Bonchev–Trinajstić information content (AvgIpc) is 3.24. The van der Waals surface area contributed by atoms with E-state index in [2.05, 4.69) is 68.8 Å². The van der Waals surface area contributed by atoms with Gasteiger partial charge in [-0.15, -0.1) is 0 Å². The van der Waals surface area contributed by atoms with Crippen molar-refractivity contribution >= 4 is 23.0 Å². The fourth-order valence-electron chi connectivity index (χ4n) is 4.48. The number of aliphatic hydroxyl groups is 1. The largest absolute Gasteiger partial charge is 0.395 e. The summed E-state index contributed by atoms with van der Waals surface area (Å²) in [6.45, 7) is 4.79. The number of rotatable bonds is 6. The summed E-state index contributed by atoms with van der Waals surface area (Å²) < 4.78 is 2.28. The van der Waals surface area contributed by atoms with Crippen LogP contribution in [0.4, 0.5) is 5.69 Å². The fraction of sp³-hybridized carbons (Fsp3) is 0.333. The normalized spacial score (nSPS) is 18.4. The zero-order valence-corrected chi connectivity index (χ0v) is 19.2. The molecule has 3 heterocycles. The third kappa shape index (κ3) is 3.91. The Labute approximate surface area is 189 Å². The fourth-order valence-corrected chi connectivity index (χ4v) is 4.81. The van der Waals surface area contributed by atoms with E-state index in [-0.39, 0.29) is 18.7 Å². The van der Waals surface area contributed by atoms with Gasteiger partial charge >= 0.3 is 0 Å². The van der Waals surface area contributed by atoms with Gasteiger partial charge in [0.25, 0.3) is 0 Å². The highest BCUT2D eigenvalue weighted by Gasteiger charge is 2.41. The van der Waals surface area contributed by atoms with E-state index in [9.17, 15) is 5.11 Å². The van der Waals surface area contributed by atoms with Crippen LogP contribution in [0.25, 0.3) is 5.69 Å². The van der Waals surface area contributed by atoms with Gasteiger partial charge in [0.15, 0.2) is 5.11 Å². The Kier molecular flexibility index (Phi) is 5.98. The van der Waals surface area contributed by atoms with Crippen LogP contribution in [-0.2, 0) is 0 Å². The summed E-state index contributed by atoms with van der Waals surface area (Å²) in [6.07, 6.45) is 1.81. The Morgan fingerprint density at radius 3 is 2.48 bits per heavy atom. The molecule has 0 amide bonds. The highest BCUT2D eigenvalue weighted by atomic mass is 32.1. The first-order chi connectivity index (χ1) is 14.9. The smallest absolute Gasteiger partial charge is 0.170 e. The lowest BCUT2D eigenvalue weighted by Gasteiger charge is -2.27. The summed E-state index contributed by atoms with van der Waals surface area (Å²) in [5, 5.41) is 13.8. The Balaban J connectivity index is 1.79. The molecule has 2 atom stereocenters. The number of hydrogen-bond donors (Lipinski definition) is 2. The van der Waals surface area contributed by atoms with Gasteiger partial charge in [0, 0.05) is 49.6 Å². The van der Waals surface area contributed by atoms with E-state index in [1.165, 1.54) is 11.3 Å². The second-order valence-corrected chi connectivity index (χ2v) is 8.50. The molecule has 1 fully saturated rings. The van der Waals surface area contributed by atoms with Gasteiger partial charge in [0.1, 0.15) is 0 Å². The predicted molar refractivity (Wildman–Crippen MR) is 129 cm³/mol. The van der Waals surface area contributed by atoms with Gasteiger partial charge in [-0.25, -0.2) is 0 Å².